The SMILES string of the molecule is CC(C(O)CC1CC1)C1CC1. The Bertz CT molecular complexity index is 136. The molecule has 2 fully saturated rings. The molecule has 0 saturated heterocycles. The summed E-state index contributed by atoms with van der Waals surface area (Å²) in [6, 6.07) is 0. The topological polar surface area (TPSA) is 20.2 Å². The summed E-state index contributed by atoms with van der Waals surface area (Å²) in [6.07, 6.45) is 6.56. The molecule has 2 rings (SSSR count). The first kappa shape index (κ1) is 7.60. The summed E-state index contributed by atoms with van der Waals surface area (Å²) < 4.78 is 0. The lowest BCUT2D eigenvalue weighted by atomic mass is 9.95. The smallest absolute Gasteiger partial charge is 0.0571 e. The standard InChI is InChI=1S/C10H18O/c1-7(9-4-5-9)10(11)6-8-2-3-8/h7-11H,2-6H2,1H3. The van der Waals surface area contributed by atoms with Gasteiger partial charge in [-0.1, -0.05) is 19.8 Å². The van der Waals surface area contributed by atoms with Gasteiger partial charge in [-0.15, -0.1) is 0 Å². The minimum Gasteiger partial charge on any atom is -0.393 e. The highest BCUT2D eigenvalue weighted by molar-refractivity contribution is 4.86. The number of aliphatic hydroxyl groups excluding tert-OH is 1. The Labute approximate surface area is 68.8 Å². The number of rotatable bonds is 4. The summed E-state index contributed by atoms with van der Waals surface area (Å²) in [6.45, 7) is 2.21. The van der Waals surface area contributed by atoms with E-state index in [-0.39, 0.29) is 6.10 Å². The van der Waals surface area contributed by atoms with Crippen LogP contribution in [-0.4, -0.2) is 11.2 Å². The summed E-state index contributed by atoms with van der Waals surface area (Å²) in [7, 11) is 0. The Balaban J connectivity index is 1.72. The second-order valence-corrected chi connectivity index (χ2v) is 4.44. The normalized spacial score (nSPS) is 30.0. The molecular weight excluding hydrogens is 136 g/mol. The lowest BCUT2D eigenvalue weighted by Gasteiger charge is -2.17. The van der Waals surface area contributed by atoms with E-state index in [0.717, 1.165) is 18.3 Å². The van der Waals surface area contributed by atoms with Gasteiger partial charge in [-0.05, 0) is 37.0 Å². The van der Waals surface area contributed by atoms with Gasteiger partial charge in [0.1, 0.15) is 0 Å². The molecule has 1 heteroatoms. The minimum absolute atomic E-state index is 0.00926. The van der Waals surface area contributed by atoms with Crippen LogP contribution < -0.4 is 0 Å². The van der Waals surface area contributed by atoms with Crippen LogP contribution in [0.3, 0.4) is 0 Å². The molecule has 0 radical (unpaired) electrons. The molecule has 2 saturated carbocycles. The molecule has 64 valence electrons. The van der Waals surface area contributed by atoms with Crippen LogP contribution in [0, 0.1) is 17.8 Å². The van der Waals surface area contributed by atoms with Crippen molar-refractivity contribution in [2.45, 2.75) is 45.1 Å². The molecular formula is C10H18O. The van der Waals surface area contributed by atoms with Gasteiger partial charge in [0.25, 0.3) is 0 Å². The van der Waals surface area contributed by atoms with Crippen molar-refractivity contribution in [1.82, 2.24) is 0 Å². The van der Waals surface area contributed by atoms with E-state index >= 15 is 0 Å². The van der Waals surface area contributed by atoms with Gasteiger partial charge in [0.05, 0.1) is 6.10 Å². The molecule has 0 bridgehead atoms. The second kappa shape index (κ2) is 2.78. The Morgan fingerprint density at radius 3 is 2.36 bits per heavy atom. The van der Waals surface area contributed by atoms with Crippen molar-refractivity contribution in [3.8, 4) is 0 Å². The summed E-state index contributed by atoms with van der Waals surface area (Å²) in [5.41, 5.74) is 0. The molecule has 1 N–H and O–H groups in total. The Morgan fingerprint density at radius 1 is 1.27 bits per heavy atom. The number of aliphatic hydroxyl groups is 1. The van der Waals surface area contributed by atoms with Crippen molar-refractivity contribution in [1.29, 1.82) is 0 Å². The number of hydrogen-bond acceptors (Lipinski definition) is 1. The molecule has 0 aromatic carbocycles. The van der Waals surface area contributed by atoms with E-state index in [4.69, 9.17) is 0 Å². The van der Waals surface area contributed by atoms with Gasteiger partial charge in [0, 0.05) is 0 Å². The van der Waals surface area contributed by atoms with Crippen LogP contribution in [0.5, 0.6) is 0 Å². The molecule has 0 aromatic rings. The average molecular weight is 154 g/mol. The van der Waals surface area contributed by atoms with Crippen LogP contribution >= 0.6 is 0 Å². The first-order chi connectivity index (χ1) is 5.27. The van der Waals surface area contributed by atoms with Gasteiger partial charge < -0.3 is 5.11 Å². The predicted molar refractivity (Wildman–Crippen MR) is 45.2 cm³/mol. The van der Waals surface area contributed by atoms with Crippen LogP contribution in [-0.2, 0) is 0 Å². The molecule has 0 aliphatic heterocycles. The van der Waals surface area contributed by atoms with Gasteiger partial charge >= 0.3 is 0 Å². The molecule has 0 heterocycles. The largest absolute Gasteiger partial charge is 0.393 e. The van der Waals surface area contributed by atoms with Gasteiger partial charge in [-0.3, -0.25) is 0 Å². The van der Waals surface area contributed by atoms with Crippen LogP contribution in [0.2, 0.25) is 0 Å². The number of hydrogen-bond donors (Lipinski definition) is 1. The molecule has 0 amide bonds. The predicted octanol–water partition coefficient (Wildman–Crippen LogP) is 2.19. The molecule has 11 heavy (non-hydrogen) atoms. The molecule has 0 spiro atoms. The van der Waals surface area contributed by atoms with Crippen LogP contribution in [0.25, 0.3) is 0 Å². The molecule has 2 aliphatic carbocycles. The highest BCUT2D eigenvalue weighted by Crippen LogP contribution is 2.42. The van der Waals surface area contributed by atoms with Crippen LogP contribution in [0.4, 0.5) is 0 Å². The third kappa shape index (κ3) is 1.96. The summed E-state index contributed by atoms with van der Waals surface area (Å²) >= 11 is 0. The fourth-order valence-corrected chi connectivity index (χ4v) is 1.85. The molecule has 2 unspecified atom stereocenters. The van der Waals surface area contributed by atoms with E-state index in [2.05, 4.69) is 6.92 Å². The minimum atomic E-state index is 0.00926. The van der Waals surface area contributed by atoms with Crippen LogP contribution in [0.1, 0.15) is 39.0 Å². The second-order valence-electron chi connectivity index (χ2n) is 4.44. The molecule has 1 nitrogen and oxygen atoms in total. The van der Waals surface area contributed by atoms with Crippen molar-refractivity contribution in [3.63, 3.8) is 0 Å². The van der Waals surface area contributed by atoms with Crippen molar-refractivity contribution in [3.05, 3.63) is 0 Å². The van der Waals surface area contributed by atoms with Crippen molar-refractivity contribution in [2.24, 2.45) is 17.8 Å². The van der Waals surface area contributed by atoms with Gasteiger partial charge in [0.2, 0.25) is 0 Å². The third-order valence-electron chi connectivity index (χ3n) is 3.24. The van der Waals surface area contributed by atoms with Crippen molar-refractivity contribution in [2.75, 3.05) is 0 Å². The van der Waals surface area contributed by atoms with Gasteiger partial charge in [-0.2, -0.15) is 0 Å². The van der Waals surface area contributed by atoms with E-state index in [9.17, 15) is 5.11 Å². The van der Waals surface area contributed by atoms with E-state index in [1.165, 1.54) is 25.7 Å². The zero-order valence-corrected chi connectivity index (χ0v) is 7.29. The maximum absolute atomic E-state index is 9.74. The highest BCUT2D eigenvalue weighted by atomic mass is 16.3. The fourth-order valence-electron chi connectivity index (χ4n) is 1.85. The lowest BCUT2D eigenvalue weighted by molar-refractivity contribution is 0.0910. The third-order valence-corrected chi connectivity index (χ3v) is 3.24. The fraction of sp³-hybridized carbons (Fsp3) is 1.00. The zero-order valence-electron chi connectivity index (χ0n) is 7.29. The maximum atomic E-state index is 9.74. The summed E-state index contributed by atoms with van der Waals surface area (Å²) in [5, 5.41) is 9.74. The van der Waals surface area contributed by atoms with Gasteiger partial charge in [-0.25, -0.2) is 0 Å². The molecule has 2 atom stereocenters. The maximum Gasteiger partial charge on any atom is 0.0571 e. The van der Waals surface area contributed by atoms with Gasteiger partial charge in [0.15, 0.2) is 0 Å². The molecule has 0 aromatic heterocycles. The highest BCUT2D eigenvalue weighted by Gasteiger charge is 2.35. The monoisotopic (exact) mass is 154 g/mol. The first-order valence-electron chi connectivity index (χ1n) is 4.95. The van der Waals surface area contributed by atoms with Crippen LogP contribution in [0.15, 0.2) is 0 Å². The van der Waals surface area contributed by atoms with Crippen molar-refractivity contribution < 1.29 is 5.11 Å². The quantitative estimate of drug-likeness (QED) is 0.658. The average Bonchev–Trinajstić information content (AvgIpc) is 2.81. The molecule has 2 aliphatic rings. The van der Waals surface area contributed by atoms with E-state index in [1.807, 2.05) is 0 Å². The zero-order chi connectivity index (χ0) is 7.84. The van der Waals surface area contributed by atoms with E-state index in [0.29, 0.717) is 5.92 Å². The Morgan fingerprint density at radius 2 is 1.91 bits per heavy atom. The van der Waals surface area contributed by atoms with E-state index < -0.39 is 0 Å². The van der Waals surface area contributed by atoms with Crippen molar-refractivity contribution >= 4 is 0 Å². The Hall–Kier alpha value is -0.0400. The summed E-state index contributed by atoms with van der Waals surface area (Å²) in [5.74, 6) is 2.32. The Kier molecular flexibility index (Phi) is 1.92. The lowest BCUT2D eigenvalue weighted by Crippen LogP contribution is -2.19. The first-order valence-corrected chi connectivity index (χ1v) is 4.95. The summed E-state index contributed by atoms with van der Waals surface area (Å²) in [4.78, 5) is 0. The van der Waals surface area contributed by atoms with E-state index in [1.54, 1.807) is 0 Å².